The minimum atomic E-state index is -0.345. The molecule has 3 aromatic rings. The van der Waals surface area contributed by atoms with Gasteiger partial charge in [0.05, 0.1) is 11.0 Å². The predicted octanol–water partition coefficient (Wildman–Crippen LogP) is 3.62. The highest BCUT2D eigenvalue weighted by Gasteiger charge is 2.26. The number of benzene rings is 2. The Bertz CT molecular complexity index is 914. The Morgan fingerprint density at radius 2 is 2.09 bits per heavy atom. The van der Waals surface area contributed by atoms with E-state index in [1.165, 1.54) is 22.6 Å². The number of nitro benzene ring substituents is 1. The Hall–Kier alpha value is -2.66. The molecule has 0 radical (unpaired) electrons. The Morgan fingerprint density at radius 1 is 1.22 bits per heavy atom. The second-order valence-corrected chi connectivity index (χ2v) is 6.06. The first-order valence-corrected chi connectivity index (χ1v) is 7.72. The van der Waals surface area contributed by atoms with Crippen LogP contribution in [-0.4, -0.2) is 16.5 Å². The first-order chi connectivity index (χ1) is 11.1. The number of rotatable bonds is 2. The van der Waals surface area contributed by atoms with Crippen LogP contribution in [0.1, 0.15) is 28.4 Å². The summed E-state index contributed by atoms with van der Waals surface area (Å²) in [5, 5.41) is 15.8. The van der Waals surface area contributed by atoms with E-state index < -0.39 is 0 Å². The molecule has 2 heterocycles. The summed E-state index contributed by atoms with van der Waals surface area (Å²) in [7, 11) is 0. The molecule has 2 aromatic carbocycles. The van der Waals surface area contributed by atoms with Crippen LogP contribution in [-0.2, 0) is 6.42 Å². The summed E-state index contributed by atoms with van der Waals surface area (Å²) >= 11 is 0. The molecule has 1 atom stereocenters. The van der Waals surface area contributed by atoms with E-state index in [2.05, 4.69) is 35.4 Å². The molecule has 1 aromatic heterocycles. The van der Waals surface area contributed by atoms with Gasteiger partial charge < -0.3 is 10.3 Å². The minimum Gasteiger partial charge on any atom is -0.357 e. The van der Waals surface area contributed by atoms with Gasteiger partial charge >= 0.3 is 0 Å². The van der Waals surface area contributed by atoms with E-state index in [4.69, 9.17) is 0 Å². The fraction of sp³-hybridized carbons (Fsp3) is 0.222. The summed E-state index contributed by atoms with van der Waals surface area (Å²) in [5.41, 5.74) is 5.85. The van der Waals surface area contributed by atoms with Crippen LogP contribution < -0.4 is 5.32 Å². The fourth-order valence-corrected chi connectivity index (χ4v) is 3.44. The lowest BCUT2D eigenvalue weighted by atomic mass is 9.94. The van der Waals surface area contributed by atoms with Crippen molar-refractivity contribution in [2.75, 3.05) is 6.54 Å². The molecule has 0 saturated heterocycles. The molecule has 0 saturated carbocycles. The number of aryl methyl sites for hydroxylation is 1. The zero-order valence-electron chi connectivity index (χ0n) is 12.8. The third kappa shape index (κ3) is 2.29. The van der Waals surface area contributed by atoms with Gasteiger partial charge in [-0.1, -0.05) is 23.8 Å². The van der Waals surface area contributed by atoms with Crippen LogP contribution in [0.15, 0.2) is 42.5 Å². The molecule has 5 nitrogen and oxygen atoms in total. The SMILES string of the molecule is Cc1ccc2[nH]c3c(c2c1)CCNC3c1cccc([N+](=O)[O-])c1. The molecule has 1 aliphatic heterocycles. The number of nitro groups is 1. The molecule has 0 fully saturated rings. The zero-order valence-corrected chi connectivity index (χ0v) is 12.8. The smallest absolute Gasteiger partial charge is 0.269 e. The van der Waals surface area contributed by atoms with Gasteiger partial charge in [0.2, 0.25) is 0 Å². The Morgan fingerprint density at radius 3 is 2.91 bits per heavy atom. The molecule has 0 bridgehead atoms. The van der Waals surface area contributed by atoms with E-state index in [-0.39, 0.29) is 16.7 Å². The van der Waals surface area contributed by atoms with Crippen molar-refractivity contribution in [1.29, 1.82) is 0 Å². The second kappa shape index (κ2) is 5.21. The summed E-state index contributed by atoms with van der Waals surface area (Å²) in [4.78, 5) is 14.2. The lowest BCUT2D eigenvalue weighted by Crippen LogP contribution is -2.30. The van der Waals surface area contributed by atoms with Crippen molar-refractivity contribution in [3.05, 3.63) is 75.0 Å². The number of hydrogen-bond donors (Lipinski definition) is 2. The predicted molar refractivity (Wildman–Crippen MR) is 89.7 cm³/mol. The number of hydrogen-bond acceptors (Lipinski definition) is 3. The van der Waals surface area contributed by atoms with Gasteiger partial charge in [-0.3, -0.25) is 10.1 Å². The third-order valence-corrected chi connectivity index (χ3v) is 4.52. The molecule has 0 spiro atoms. The summed E-state index contributed by atoms with van der Waals surface area (Å²) in [5.74, 6) is 0. The number of aromatic amines is 1. The van der Waals surface area contributed by atoms with Crippen molar-refractivity contribution in [1.82, 2.24) is 10.3 Å². The van der Waals surface area contributed by atoms with Crippen LogP contribution in [0.25, 0.3) is 10.9 Å². The molecule has 23 heavy (non-hydrogen) atoms. The number of nitrogens with one attached hydrogen (secondary N) is 2. The number of aromatic nitrogens is 1. The number of nitrogens with zero attached hydrogens (tertiary/aromatic N) is 1. The van der Waals surface area contributed by atoms with E-state index in [1.54, 1.807) is 12.1 Å². The Balaban J connectivity index is 1.86. The quantitative estimate of drug-likeness (QED) is 0.561. The third-order valence-electron chi connectivity index (χ3n) is 4.52. The van der Waals surface area contributed by atoms with E-state index in [0.29, 0.717) is 0 Å². The van der Waals surface area contributed by atoms with Gasteiger partial charge in [-0.25, -0.2) is 0 Å². The highest BCUT2D eigenvalue weighted by atomic mass is 16.6. The molecular weight excluding hydrogens is 290 g/mol. The van der Waals surface area contributed by atoms with E-state index in [0.717, 1.165) is 29.7 Å². The summed E-state index contributed by atoms with van der Waals surface area (Å²) < 4.78 is 0. The van der Waals surface area contributed by atoms with Crippen molar-refractivity contribution in [3.63, 3.8) is 0 Å². The van der Waals surface area contributed by atoms with Gasteiger partial charge in [-0.05, 0) is 36.6 Å². The molecule has 2 N–H and O–H groups in total. The molecule has 0 aliphatic carbocycles. The highest BCUT2D eigenvalue weighted by Crippen LogP contribution is 2.34. The van der Waals surface area contributed by atoms with Gasteiger partial charge in [-0.15, -0.1) is 0 Å². The molecule has 0 amide bonds. The maximum atomic E-state index is 11.0. The molecule has 5 heteroatoms. The second-order valence-electron chi connectivity index (χ2n) is 6.06. The van der Waals surface area contributed by atoms with E-state index in [9.17, 15) is 10.1 Å². The van der Waals surface area contributed by atoms with Gasteiger partial charge in [0, 0.05) is 35.3 Å². The van der Waals surface area contributed by atoms with Crippen LogP contribution >= 0.6 is 0 Å². The number of non-ortho nitro benzene ring substituents is 1. The number of H-pyrrole nitrogens is 1. The lowest BCUT2D eigenvalue weighted by molar-refractivity contribution is -0.384. The van der Waals surface area contributed by atoms with Gasteiger partial charge in [0.15, 0.2) is 0 Å². The van der Waals surface area contributed by atoms with Crippen LogP contribution in [0.3, 0.4) is 0 Å². The fourth-order valence-electron chi connectivity index (χ4n) is 3.44. The standard InChI is InChI=1S/C18H17N3O2/c1-11-5-6-16-15(9-11)14-7-8-19-17(18(14)20-16)12-3-2-4-13(10-12)21(22)23/h2-6,9-10,17,19-20H,7-8H2,1H3. The van der Waals surface area contributed by atoms with Crippen molar-refractivity contribution in [3.8, 4) is 0 Å². The first-order valence-electron chi connectivity index (χ1n) is 7.72. The van der Waals surface area contributed by atoms with Crippen molar-refractivity contribution in [2.24, 2.45) is 0 Å². The maximum Gasteiger partial charge on any atom is 0.269 e. The molecule has 1 aliphatic rings. The lowest BCUT2D eigenvalue weighted by Gasteiger charge is -2.24. The molecule has 116 valence electrons. The van der Waals surface area contributed by atoms with Crippen LogP contribution in [0.2, 0.25) is 0 Å². The van der Waals surface area contributed by atoms with E-state index >= 15 is 0 Å². The topological polar surface area (TPSA) is 71.0 Å². The Labute approximate surface area is 133 Å². The largest absolute Gasteiger partial charge is 0.357 e. The highest BCUT2D eigenvalue weighted by molar-refractivity contribution is 5.86. The summed E-state index contributed by atoms with van der Waals surface area (Å²) in [6, 6.07) is 13.2. The summed E-state index contributed by atoms with van der Waals surface area (Å²) in [6.45, 7) is 2.96. The van der Waals surface area contributed by atoms with Crippen LogP contribution in [0.5, 0.6) is 0 Å². The molecule has 1 unspecified atom stereocenters. The Kier molecular flexibility index (Phi) is 3.16. The van der Waals surface area contributed by atoms with Gasteiger partial charge in [0.1, 0.15) is 0 Å². The van der Waals surface area contributed by atoms with Crippen LogP contribution in [0, 0.1) is 17.0 Å². The minimum absolute atomic E-state index is 0.0358. The monoisotopic (exact) mass is 307 g/mol. The van der Waals surface area contributed by atoms with E-state index in [1.807, 2.05) is 6.07 Å². The van der Waals surface area contributed by atoms with Gasteiger partial charge in [0.25, 0.3) is 5.69 Å². The maximum absolute atomic E-state index is 11.0. The van der Waals surface area contributed by atoms with Crippen LogP contribution in [0.4, 0.5) is 5.69 Å². The van der Waals surface area contributed by atoms with Crippen molar-refractivity contribution < 1.29 is 4.92 Å². The molecular formula is C18H17N3O2. The van der Waals surface area contributed by atoms with Crippen molar-refractivity contribution >= 4 is 16.6 Å². The zero-order chi connectivity index (χ0) is 16.0. The van der Waals surface area contributed by atoms with Gasteiger partial charge in [-0.2, -0.15) is 0 Å². The summed E-state index contributed by atoms with van der Waals surface area (Å²) in [6.07, 6.45) is 0.963. The normalized spacial score (nSPS) is 17.2. The van der Waals surface area contributed by atoms with Crippen molar-refractivity contribution in [2.45, 2.75) is 19.4 Å². The first kappa shape index (κ1) is 14.0. The molecule has 4 rings (SSSR count). The number of fused-ring (bicyclic) bond motifs is 3. The average Bonchev–Trinajstić information content (AvgIpc) is 2.93. The average molecular weight is 307 g/mol.